The summed E-state index contributed by atoms with van der Waals surface area (Å²) in [5.74, 6) is 0.978. The van der Waals surface area contributed by atoms with Crippen LogP contribution in [0.1, 0.15) is 5.56 Å². The van der Waals surface area contributed by atoms with Crippen molar-refractivity contribution in [2.75, 3.05) is 0 Å². The van der Waals surface area contributed by atoms with Crippen LogP contribution in [0.4, 0.5) is 0 Å². The van der Waals surface area contributed by atoms with Crippen LogP contribution in [0.3, 0.4) is 0 Å². The van der Waals surface area contributed by atoms with Crippen LogP contribution < -0.4 is 0 Å². The molecule has 4 heterocycles. The molecule has 0 fully saturated rings. The summed E-state index contributed by atoms with van der Waals surface area (Å²) in [4.78, 5) is 20.9. The van der Waals surface area contributed by atoms with Crippen molar-refractivity contribution in [3.63, 3.8) is 0 Å². The Morgan fingerprint density at radius 1 is 0.219 bits per heavy atom. The van der Waals surface area contributed by atoms with Crippen molar-refractivity contribution in [2.45, 2.75) is 0 Å². The summed E-state index contributed by atoms with van der Waals surface area (Å²) in [5.41, 5.74) is 33.4. The van der Waals surface area contributed by atoms with Crippen LogP contribution in [0.2, 0.25) is 0 Å². The SMILES string of the molecule is N#Cc1ccc(-c2ccc(-c3ccc(-c4ccc(-c5cc(-c6nc7ccccc7s6)cc(-c6nc7ccc(-c8ccc9oc(-c%10cc(-c%11cccc(-c%12cc(-c%13ccccc%13)c(-c%13ccccc%13)c(-c%13ccccc%13)c%12-c%12ccccc%12)c%11)cc(-c%11nc%12ccccc%12o%11)c%10)nc9c8)cc7s6)c5)cc4)c4ccccc34)cc2)cc1. The molecular formula is C105H63N5O2S2. The van der Waals surface area contributed by atoms with Crippen LogP contribution >= 0.6 is 22.7 Å². The van der Waals surface area contributed by atoms with Gasteiger partial charge in [0.25, 0.3) is 0 Å². The van der Waals surface area contributed by atoms with Crippen molar-refractivity contribution in [3.05, 3.63) is 388 Å². The van der Waals surface area contributed by atoms with Crippen molar-refractivity contribution in [2.24, 2.45) is 0 Å². The molecule has 0 aliphatic carbocycles. The second-order valence-electron chi connectivity index (χ2n) is 28.7. The number of nitrogens with zero attached hydrogens (tertiary/aromatic N) is 5. The molecule has 4 aromatic heterocycles. The number of rotatable bonds is 15. The Morgan fingerprint density at radius 2 is 0.605 bits per heavy atom. The Hall–Kier alpha value is -14.8. The highest BCUT2D eigenvalue weighted by molar-refractivity contribution is 7.22. The van der Waals surface area contributed by atoms with E-state index in [1.165, 1.54) is 27.5 Å². The Bertz CT molecular complexity index is 7260. The third-order valence-electron chi connectivity index (χ3n) is 21.7. The number of thiazole rings is 2. The lowest BCUT2D eigenvalue weighted by Gasteiger charge is -2.24. The minimum absolute atomic E-state index is 0.478. The Morgan fingerprint density at radius 3 is 1.20 bits per heavy atom. The summed E-state index contributed by atoms with van der Waals surface area (Å²) >= 11 is 3.40. The van der Waals surface area contributed by atoms with E-state index in [4.69, 9.17) is 28.8 Å². The maximum atomic E-state index is 9.35. The van der Waals surface area contributed by atoms with Crippen LogP contribution in [-0.4, -0.2) is 19.9 Å². The van der Waals surface area contributed by atoms with Crippen LogP contribution in [0, 0.1) is 11.3 Å². The van der Waals surface area contributed by atoms with Gasteiger partial charge in [0.1, 0.15) is 21.0 Å². The molecule has 7 nitrogen and oxygen atoms in total. The lowest BCUT2D eigenvalue weighted by Crippen LogP contribution is -1.98. The van der Waals surface area contributed by atoms with Gasteiger partial charge >= 0.3 is 0 Å². The van der Waals surface area contributed by atoms with E-state index in [9.17, 15) is 5.26 Å². The highest BCUT2D eigenvalue weighted by atomic mass is 32.1. The summed E-state index contributed by atoms with van der Waals surface area (Å²) in [5, 5.41) is 13.6. The van der Waals surface area contributed by atoms with E-state index >= 15 is 0 Å². The average molecular weight is 1490 g/mol. The first-order chi connectivity index (χ1) is 56.4. The first-order valence-electron chi connectivity index (χ1n) is 38.0. The number of hydrogen-bond donors (Lipinski definition) is 0. The van der Waals surface area contributed by atoms with Crippen molar-refractivity contribution in [3.8, 4) is 173 Å². The second-order valence-corrected chi connectivity index (χ2v) is 30.7. The Kier molecular flexibility index (Phi) is 16.9. The van der Waals surface area contributed by atoms with Gasteiger partial charge in [-0.3, -0.25) is 0 Å². The van der Waals surface area contributed by atoms with Crippen molar-refractivity contribution >= 4 is 76.1 Å². The topological polar surface area (TPSA) is 102 Å². The zero-order valence-electron chi connectivity index (χ0n) is 61.2. The van der Waals surface area contributed by atoms with E-state index in [2.05, 4.69) is 328 Å². The van der Waals surface area contributed by atoms with Crippen molar-refractivity contribution < 1.29 is 8.83 Å². The molecule has 0 saturated carbocycles. The Balaban J connectivity index is 0.622. The highest BCUT2D eigenvalue weighted by Gasteiger charge is 2.26. The minimum atomic E-state index is 0.478. The predicted octanol–water partition coefficient (Wildman–Crippen LogP) is 29.2. The third kappa shape index (κ3) is 12.6. The molecule has 0 bridgehead atoms. The molecule has 0 unspecified atom stereocenters. The van der Waals surface area contributed by atoms with Gasteiger partial charge in [-0.1, -0.05) is 273 Å². The van der Waals surface area contributed by atoms with Crippen molar-refractivity contribution in [1.29, 1.82) is 5.26 Å². The first-order valence-corrected chi connectivity index (χ1v) is 39.6. The maximum Gasteiger partial charge on any atom is 0.227 e. The summed E-state index contributed by atoms with van der Waals surface area (Å²) in [6, 6.07) is 138. The van der Waals surface area contributed by atoms with Crippen LogP contribution in [0.5, 0.6) is 0 Å². The quantitative estimate of drug-likeness (QED) is 0.101. The lowest BCUT2D eigenvalue weighted by molar-refractivity contribution is 0.617. The summed E-state index contributed by atoms with van der Waals surface area (Å²) in [6.45, 7) is 0. The number of benzene rings is 17. The van der Waals surface area contributed by atoms with Gasteiger partial charge in [0.05, 0.1) is 32.1 Å². The second kappa shape index (κ2) is 28.6. The number of oxazole rings is 2. The number of fused-ring (bicyclic) bond motifs is 5. The zero-order chi connectivity index (χ0) is 75.6. The van der Waals surface area contributed by atoms with Gasteiger partial charge < -0.3 is 8.83 Å². The molecule has 0 spiro atoms. The lowest BCUT2D eigenvalue weighted by atomic mass is 9.78. The van der Waals surface area contributed by atoms with Gasteiger partial charge in [0, 0.05) is 22.3 Å². The molecule has 0 saturated heterocycles. The van der Waals surface area contributed by atoms with Gasteiger partial charge in [0.2, 0.25) is 11.8 Å². The van der Waals surface area contributed by atoms with Crippen LogP contribution in [0.25, 0.3) is 220 Å². The number of hydrogen-bond acceptors (Lipinski definition) is 9. The molecular weight excluding hydrogens is 1430 g/mol. The fourth-order valence-electron chi connectivity index (χ4n) is 16.1. The molecule has 0 amide bonds. The summed E-state index contributed by atoms with van der Waals surface area (Å²) < 4.78 is 15.6. The molecule has 0 N–H and O–H groups in total. The fourth-order valence-corrected chi connectivity index (χ4v) is 18.0. The standard InChI is InChI=1S/C105H63N5O2S2/c106-64-65-36-38-66(39-37-65)67-40-44-70(45-41-67)85-50-51-86(88-31-14-13-30-87(85)88)71-46-42-68(43-47-71)79-57-83(104-109-92-33-16-18-35-97(92)113-104)60-84(58-79)105-110-93-52-48-77(62-98(93)114-105)76-49-53-96-94(61-76)108-103(112-96)82-56-80(55-81(59-82)102-107-91-32-15-17-34-95(91)111-102)75-28-19-29-78(54-75)90-63-89(69-20-5-1-6-21-69)99(72-22-7-2-8-23-72)101(74-26-11-4-12-27-74)100(90)73-24-9-3-10-25-73/h1-63H. The monoisotopic (exact) mass is 1490 g/mol. The molecule has 21 aromatic rings. The van der Waals surface area contributed by atoms with E-state index in [1.807, 2.05) is 60.7 Å². The Labute approximate surface area is 665 Å². The smallest absolute Gasteiger partial charge is 0.227 e. The molecule has 17 aromatic carbocycles. The van der Waals surface area contributed by atoms with Gasteiger partial charge in [-0.25, -0.2) is 19.9 Å². The van der Waals surface area contributed by atoms with Crippen LogP contribution in [-0.2, 0) is 0 Å². The molecule has 21 rings (SSSR count). The van der Waals surface area contributed by atoms with Gasteiger partial charge in [-0.05, 0) is 242 Å². The van der Waals surface area contributed by atoms with Gasteiger partial charge in [-0.2, -0.15) is 5.26 Å². The third-order valence-corrected chi connectivity index (χ3v) is 23.8. The maximum absolute atomic E-state index is 9.35. The number of para-hydroxylation sites is 3. The van der Waals surface area contributed by atoms with E-state index < -0.39 is 0 Å². The van der Waals surface area contributed by atoms with Crippen LogP contribution in [0.15, 0.2) is 391 Å². The predicted molar refractivity (Wildman–Crippen MR) is 472 cm³/mol. The largest absolute Gasteiger partial charge is 0.436 e. The zero-order valence-corrected chi connectivity index (χ0v) is 62.9. The molecule has 114 heavy (non-hydrogen) atoms. The van der Waals surface area contributed by atoms with E-state index in [1.54, 1.807) is 22.7 Å². The molecule has 532 valence electrons. The normalized spacial score (nSPS) is 11.5. The number of aromatic nitrogens is 4. The fraction of sp³-hybridized carbons (Fsp3) is 0. The molecule has 9 heteroatoms. The van der Waals surface area contributed by atoms with Gasteiger partial charge in [0.15, 0.2) is 11.2 Å². The molecule has 0 radical (unpaired) electrons. The van der Waals surface area contributed by atoms with E-state index in [0.29, 0.717) is 28.5 Å². The minimum Gasteiger partial charge on any atom is -0.436 e. The average Bonchev–Trinajstić information content (AvgIpc) is 1.02. The summed E-state index contributed by atoms with van der Waals surface area (Å²) in [6.07, 6.45) is 0. The molecule has 0 aliphatic heterocycles. The van der Waals surface area contributed by atoms with Crippen molar-refractivity contribution in [1.82, 2.24) is 19.9 Å². The summed E-state index contributed by atoms with van der Waals surface area (Å²) in [7, 11) is 0. The molecule has 0 aliphatic rings. The molecule has 0 atom stereocenters. The van der Waals surface area contributed by atoms with Gasteiger partial charge in [-0.15, -0.1) is 22.7 Å². The van der Waals surface area contributed by atoms with E-state index in [-0.39, 0.29) is 0 Å². The number of nitriles is 1. The highest BCUT2D eigenvalue weighted by Crippen LogP contribution is 2.52. The first kappa shape index (κ1) is 67.3. The van der Waals surface area contributed by atoms with E-state index in [0.717, 1.165) is 169 Å².